The Bertz CT molecular complexity index is 438. The van der Waals surface area contributed by atoms with Gasteiger partial charge in [0.25, 0.3) is 0 Å². The van der Waals surface area contributed by atoms with Gasteiger partial charge in [0.15, 0.2) is 11.0 Å². The summed E-state index contributed by atoms with van der Waals surface area (Å²) in [6, 6.07) is 5.33. The van der Waals surface area contributed by atoms with Crippen LogP contribution in [0.2, 0.25) is 0 Å². The molecular formula is C12H17ClN2O2S. The van der Waals surface area contributed by atoms with Crippen molar-refractivity contribution in [3.63, 3.8) is 0 Å². The zero-order chi connectivity index (χ0) is 12.8. The minimum Gasteiger partial charge on any atom is -0.494 e. The fourth-order valence-corrected chi connectivity index (χ4v) is 1.90. The lowest BCUT2D eigenvalue weighted by Gasteiger charge is -2.10. The molecule has 3 N–H and O–H groups in total. The number of ether oxygens (including phenoxy) is 1. The van der Waals surface area contributed by atoms with E-state index in [0.717, 1.165) is 11.3 Å². The third-order valence-corrected chi connectivity index (χ3v) is 2.92. The van der Waals surface area contributed by atoms with Crippen molar-refractivity contribution in [3.8, 4) is 5.75 Å². The molecular weight excluding hydrogens is 272 g/mol. The Morgan fingerprint density at radius 2 is 2.17 bits per heavy atom. The predicted molar refractivity (Wildman–Crippen MR) is 78.1 cm³/mol. The smallest absolute Gasteiger partial charge is 0.159 e. The quantitative estimate of drug-likeness (QED) is 0.496. The first kappa shape index (κ1) is 16.8. The van der Waals surface area contributed by atoms with Crippen LogP contribution in [0.15, 0.2) is 18.2 Å². The lowest BCUT2D eigenvalue weighted by atomic mass is 10.1. The Kier molecular flexibility index (Phi) is 7.47. The van der Waals surface area contributed by atoms with Crippen molar-refractivity contribution < 1.29 is 9.53 Å². The molecule has 0 unspecified atom stereocenters. The highest BCUT2D eigenvalue weighted by molar-refractivity contribution is 8.13. The van der Waals surface area contributed by atoms with Gasteiger partial charge >= 0.3 is 0 Å². The Morgan fingerprint density at radius 3 is 2.67 bits per heavy atom. The molecule has 6 heteroatoms. The van der Waals surface area contributed by atoms with E-state index in [0.29, 0.717) is 17.9 Å². The molecule has 0 heterocycles. The van der Waals surface area contributed by atoms with Gasteiger partial charge < -0.3 is 10.5 Å². The van der Waals surface area contributed by atoms with Gasteiger partial charge in [0, 0.05) is 16.9 Å². The zero-order valence-electron chi connectivity index (χ0n) is 10.4. The molecule has 1 rings (SSSR count). The largest absolute Gasteiger partial charge is 0.494 e. The molecule has 1 aromatic rings. The van der Waals surface area contributed by atoms with Gasteiger partial charge in [-0.15, -0.1) is 12.4 Å². The number of nitrogens with one attached hydrogen (secondary N) is 1. The molecule has 4 nitrogen and oxygen atoms in total. The molecule has 18 heavy (non-hydrogen) atoms. The average molecular weight is 289 g/mol. The van der Waals surface area contributed by atoms with Crippen LogP contribution in [0.3, 0.4) is 0 Å². The molecule has 100 valence electrons. The Labute approximate surface area is 117 Å². The molecule has 0 saturated carbocycles. The highest BCUT2D eigenvalue weighted by atomic mass is 35.5. The predicted octanol–water partition coefficient (Wildman–Crippen LogP) is 2.84. The summed E-state index contributed by atoms with van der Waals surface area (Å²) < 4.78 is 5.47. The Morgan fingerprint density at radius 1 is 1.50 bits per heavy atom. The van der Waals surface area contributed by atoms with E-state index in [2.05, 4.69) is 0 Å². The van der Waals surface area contributed by atoms with Crippen LogP contribution >= 0.6 is 24.2 Å². The Hall–Kier alpha value is -1.20. The molecule has 0 aliphatic carbocycles. The average Bonchev–Trinajstić information content (AvgIpc) is 2.27. The minimum absolute atomic E-state index is 0. The number of ketones is 1. The van der Waals surface area contributed by atoms with Crippen molar-refractivity contribution in [3.05, 3.63) is 29.3 Å². The van der Waals surface area contributed by atoms with Crippen molar-refractivity contribution in [2.75, 3.05) is 6.61 Å². The van der Waals surface area contributed by atoms with E-state index in [1.807, 2.05) is 6.92 Å². The first-order chi connectivity index (χ1) is 8.04. The SMILES string of the molecule is CCOc1ccc(C(C)=O)cc1CSC(=N)N.Cl. The summed E-state index contributed by atoms with van der Waals surface area (Å²) in [4.78, 5) is 11.3. The van der Waals surface area contributed by atoms with Crippen molar-refractivity contribution in [2.24, 2.45) is 5.73 Å². The second kappa shape index (κ2) is 8.00. The van der Waals surface area contributed by atoms with Gasteiger partial charge in [0.2, 0.25) is 0 Å². The monoisotopic (exact) mass is 288 g/mol. The van der Waals surface area contributed by atoms with Crippen LogP contribution in [0.25, 0.3) is 0 Å². The molecule has 0 fully saturated rings. The molecule has 0 saturated heterocycles. The van der Waals surface area contributed by atoms with E-state index < -0.39 is 0 Å². The van der Waals surface area contributed by atoms with E-state index in [9.17, 15) is 4.79 Å². The zero-order valence-corrected chi connectivity index (χ0v) is 12.0. The molecule has 0 bridgehead atoms. The highest BCUT2D eigenvalue weighted by Gasteiger charge is 2.08. The van der Waals surface area contributed by atoms with Gasteiger partial charge in [0.1, 0.15) is 5.75 Å². The van der Waals surface area contributed by atoms with Crippen molar-refractivity contribution >= 4 is 35.1 Å². The number of carbonyl (C=O) groups is 1. The summed E-state index contributed by atoms with van der Waals surface area (Å²) >= 11 is 1.21. The van der Waals surface area contributed by atoms with Crippen molar-refractivity contribution in [2.45, 2.75) is 19.6 Å². The van der Waals surface area contributed by atoms with Crippen LogP contribution in [0.1, 0.15) is 29.8 Å². The number of hydrogen-bond acceptors (Lipinski definition) is 4. The Balaban J connectivity index is 0.00000289. The van der Waals surface area contributed by atoms with Gasteiger partial charge in [-0.05, 0) is 32.0 Å². The standard InChI is InChI=1S/C12H16N2O2S.ClH/c1-3-16-11-5-4-9(8(2)15)6-10(11)7-17-12(13)14;/h4-6H,3,7H2,1-2H3,(H3,13,14);1H. The maximum absolute atomic E-state index is 11.3. The third-order valence-electron chi connectivity index (χ3n) is 2.15. The van der Waals surface area contributed by atoms with Gasteiger partial charge in [-0.2, -0.15) is 0 Å². The maximum atomic E-state index is 11.3. The molecule has 0 aromatic heterocycles. The number of amidine groups is 1. The van der Waals surface area contributed by atoms with Crippen molar-refractivity contribution in [1.82, 2.24) is 0 Å². The van der Waals surface area contributed by atoms with Gasteiger partial charge in [-0.3, -0.25) is 10.2 Å². The van der Waals surface area contributed by atoms with Crippen LogP contribution in [-0.2, 0) is 5.75 Å². The maximum Gasteiger partial charge on any atom is 0.159 e. The summed E-state index contributed by atoms with van der Waals surface area (Å²) in [6.07, 6.45) is 0. The highest BCUT2D eigenvalue weighted by Crippen LogP contribution is 2.25. The number of nitrogens with two attached hydrogens (primary N) is 1. The summed E-state index contributed by atoms with van der Waals surface area (Å²) in [5.74, 6) is 1.29. The van der Waals surface area contributed by atoms with Crippen LogP contribution in [0.4, 0.5) is 0 Å². The molecule has 0 amide bonds. The molecule has 0 aliphatic heterocycles. The summed E-state index contributed by atoms with van der Waals surface area (Å²) in [5.41, 5.74) is 6.84. The normalized spacial score (nSPS) is 9.44. The molecule has 0 radical (unpaired) electrons. The number of halogens is 1. The molecule has 0 spiro atoms. The van der Waals surface area contributed by atoms with Crippen LogP contribution < -0.4 is 10.5 Å². The summed E-state index contributed by atoms with van der Waals surface area (Å²) in [6.45, 7) is 4.00. The second-order valence-electron chi connectivity index (χ2n) is 3.46. The second-order valence-corrected chi connectivity index (χ2v) is 4.48. The fraction of sp³-hybridized carbons (Fsp3) is 0.333. The van der Waals surface area contributed by atoms with E-state index >= 15 is 0 Å². The number of Topliss-reactive ketones (excluding diaryl/α,β-unsaturated/α-hetero) is 1. The van der Waals surface area contributed by atoms with E-state index in [-0.39, 0.29) is 23.4 Å². The van der Waals surface area contributed by atoms with Crippen LogP contribution in [0, 0.1) is 5.41 Å². The van der Waals surface area contributed by atoms with Gasteiger partial charge in [-0.25, -0.2) is 0 Å². The summed E-state index contributed by atoms with van der Waals surface area (Å²) in [5, 5.41) is 7.24. The first-order valence-electron chi connectivity index (χ1n) is 5.28. The van der Waals surface area contributed by atoms with E-state index in [1.165, 1.54) is 18.7 Å². The van der Waals surface area contributed by atoms with Crippen molar-refractivity contribution in [1.29, 1.82) is 5.41 Å². The lowest BCUT2D eigenvalue weighted by Crippen LogP contribution is -2.05. The summed E-state index contributed by atoms with van der Waals surface area (Å²) in [7, 11) is 0. The van der Waals surface area contributed by atoms with E-state index in [4.69, 9.17) is 15.9 Å². The number of thioether (sulfide) groups is 1. The van der Waals surface area contributed by atoms with Crippen LogP contribution in [0.5, 0.6) is 5.75 Å². The molecule has 0 aliphatic rings. The number of benzene rings is 1. The molecule has 1 aromatic carbocycles. The minimum atomic E-state index is 0. The molecule has 0 atom stereocenters. The van der Waals surface area contributed by atoms with E-state index in [1.54, 1.807) is 18.2 Å². The number of carbonyl (C=O) groups excluding carboxylic acids is 1. The fourth-order valence-electron chi connectivity index (χ4n) is 1.36. The third kappa shape index (κ3) is 4.98. The number of hydrogen-bond donors (Lipinski definition) is 2. The lowest BCUT2D eigenvalue weighted by molar-refractivity contribution is 0.101. The van der Waals surface area contributed by atoms with Crippen LogP contribution in [-0.4, -0.2) is 17.6 Å². The van der Waals surface area contributed by atoms with Gasteiger partial charge in [-0.1, -0.05) is 11.8 Å². The van der Waals surface area contributed by atoms with Gasteiger partial charge in [0.05, 0.1) is 6.61 Å². The topological polar surface area (TPSA) is 76.2 Å². The first-order valence-corrected chi connectivity index (χ1v) is 6.26. The number of rotatable bonds is 5.